The molecule has 2 N–H and O–H groups in total. The van der Waals surface area contributed by atoms with Crippen LogP contribution in [0, 0.1) is 5.82 Å². The largest absolute Gasteiger partial charge is 0.392 e. The zero-order valence-electron chi connectivity index (χ0n) is 15.1. The molecule has 0 aromatic heterocycles. The van der Waals surface area contributed by atoms with Gasteiger partial charge in [0.2, 0.25) is 0 Å². The number of carbonyl (C=O) groups is 1. The molecule has 1 atom stereocenters. The predicted molar refractivity (Wildman–Crippen MR) is 107 cm³/mol. The summed E-state index contributed by atoms with van der Waals surface area (Å²) in [6, 6.07) is 8.78. The van der Waals surface area contributed by atoms with E-state index in [1.165, 1.54) is 37.3 Å². The lowest BCUT2D eigenvalue weighted by atomic mass is 10.2. The lowest BCUT2D eigenvalue weighted by Crippen LogP contribution is -2.32. The molecule has 0 heterocycles. The van der Waals surface area contributed by atoms with E-state index in [1.54, 1.807) is 0 Å². The molecule has 28 heavy (non-hydrogen) atoms. The van der Waals surface area contributed by atoms with E-state index in [0.29, 0.717) is 0 Å². The van der Waals surface area contributed by atoms with Gasteiger partial charge >= 0.3 is 0 Å². The molecular formula is C19H20ClFN2O4S. The van der Waals surface area contributed by atoms with E-state index in [-0.39, 0.29) is 34.3 Å². The van der Waals surface area contributed by atoms with Gasteiger partial charge in [0, 0.05) is 12.1 Å². The highest BCUT2D eigenvalue weighted by Crippen LogP contribution is 2.29. The highest BCUT2D eigenvalue weighted by Gasteiger charge is 2.27. The smallest absolute Gasteiger partial charge is 0.266 e. The summed E-state index contributed by atoms with van der Waals surface area (Å²) in [7, 11) is -4.17. The van der Waals surface area contributed by atoms with Crippen LogP contribution in [-0.2, 0) is 10.0 Å². The Hall–Kier alpha value is -2.42. The first-order valence-corrected chi connectivity index (χ1v) is 10.1. The second-order valence-electron chi connectivity index (χ2n) is 6.01. The Morgan fingerprint density at radius 2 is 1.96 bits per heavy atom. The number of anilines is 1. The minimum atomic E-state index is -4.17. The molecule has 2 aromatic rings. The maximum Gasteiger partial charge on any atom is 0.266 e. The maximum absolute atomic E-state index is 13.2. The molecule has 1 unspecified atom stereocenters. The third-order valence-corrected chi connectivity index (χ3v) is 6.00. The maximum atomic E-state index is 13.2. The van der Waals surface area contributed by atoms with Crippen LogP contribution in [-0.4, -0.2) is 38.6 Å². The summed E-state index contributed by atoms with van der Waals surface area (Å²) in [5.41, 5.74) is 0.294. The van der Waals surface area contributed by atoms with E-state index >= 15 is 0 Å². The second kappa shape index (κ2) is 9.18. The Bertz CT molecular complexity index is 962. The van der Waals surface area contributed by atoms with Gasteiger partial charge in [0.05, 0.1) is 23.4 Å². The Kier molecular flexibility index (Phi) is 7.17. The molecule has 2 aromatic carbocycles. The average Bonchev–Trinajstić information content (AvgIpc) is 2.65. The van der Waals surface area contributed by atoms with Crippen LogP contribution < -0.4 is 9.62 Å². The Morgan fingerprint density at radius 1 is 1.32 bits per heavy atom. The molecular weight excluding hydrogens is 407 g/mol. The standard InChI is InChI=1S/C19H20ClFN2O4S/c1-3-10-23(16-7-5-15(21)6-8-16)28(26,27)18-11-14(4-9-17(18)20)19(25)22-12-13(2)24/h3-9,11,13,24H,1,10,12H2,2H3,(H,22,25). The number of aliphatic hydroxyl groups excluding tert-OH is 1. The van der Waals surface area contributed by atoms with Crippen molar-refractivity contribution in [2.24, 2.45) is 0 Å². The Balaban J connectivity index is 2.47. The summed E-state index contributed by atoms with van der Waals surface area (Å²) in [5, 5.41) is 11.7. The van der Waals surface area contributed by atoms with E-state index in [9.17, 15) is 22.7 Å². The monoisotopic (exact) mass is 426 g/mol. The summed E-state index contributed by atoms with van der Waals surface area (Å²) < 4.78 is 40.6. The topological polar surface area (TPSA) is 86.7 Å². The van der Waals surface area contributed by atoms with Crippen molar-refractivity contribution in [3.63, 3.8) is 0 Å². The number of nitrogens with zero attached hydrogens (tertiary/aromatic N) is 1. The average molecular weight is 427 g/mol. The third kappa shape index (κ3) is 5.09. The molecule has 6 nitrogen and oxygen atoms in total. The minimum Gasteiger partial charge on any atom is -0.392 e. The van der Waals surface area contributed by atoms with Crippen LogP contribution in [0.25, 0.3) is 0 Å². The predicted octanol–water partition coefficient (Wildman–Crippen LogP) is 2.97. The first-order valence-electron chi connectivity index (χ1n) is 8.32. The number of hydrogen-bond acceptors (Lipinski definition) is 4. The summed E-state index contributed by atoms with van der Waals surface area (Å²) in [6.07, 6.45) is 0.634. The number of rotatable bonds is 8. The van der Waals surface area contributed by atoms with Gasteiger partial charge in [-0.05, 0) is 49.4 Å². The second-order valence-corrected chi connectivity index (χ2v) is 8.24. The summed E-state index contributed by atoms with van der Waals surface area (Å²) in [4.78, 5) is 11.9. The highest BCUT2D eigenvalue weighted by atomic mass is 35.5. The van der Waals surface area contributed by atoms with Crippen LogP contribution in [0.3, 0.4) is 0 Å². The van der Waals surface area contributed by atoms with Crippen LogP contribution in [0.15, 0.2) is 60.0 Å². The van der Waals surface area contributed by atoms with Crippen molar-refractivity contribution >= 4 is 33.2 Å². The SMILES string of the molecule is C=CCN(c1ccc(F)cc1)S(=O)(=O)c1cc(C(=O)NCC(C)O)ccc1Cl. The van der Waals surface area contributed by atoms with Crippen LogP contribution in [0.2, 0.25) is 5.02 Å². The summed E-state index contributed by atoms with van der Waals surface area (Å²) in [5.74, 6) is -1.06. The van der Waals surface area contributed by atoms with Gasteiger partial charge in [-0.3, -0.25) is 9.10 Å². The number of carbonyl (C=O) groups excluding carboxylic acids is 1. The minimum absolute atomic E-state index is 0.0156. The fourth-order valence-electron chi connectivity index (χ4n) is 2.37. The lowest BCUT2D eigenvalue weighted by Gasteiger charge is -2.24. The first kappa shape index (κ1) is 21.9. The number of amides is 1. The highest BCUT2D eigenvalue weighted by molar-refractivity contribution is 7.93. The molecule has 0 aliphatic heterocycles. The molecule has 0 saturated carbocycles. The third-order valence-electron chi connectivity index (χ3n) is 3.73. The van der Waals surface area contributed by atoms with Crippen LogP contribution in [0.1, 0.15) is 17.3 Å². The van der Waals surface area contributed by atoms with Gasteiger partial charge in [-0.25, -0.2) is 12.8 Å². The molecule has 0 saturated heterocycles. The Morgan fingerprint density at radius 3 is 2.54 bits per heavy atom. The fraction of sp³-hybridized carbons (Fsp3) is 0.211. The van der Waals surface area contributed by atoms with Gasteiger partial charge in [-0.2, -0.15) is 0 Å². The molecule has 0 aliphatic rings. The van der Waals surface area contributed by atoms with E-state index < -0.39 is 27.9 Å². The molecule has 0 radical (unpaired) electrons. The quantitative estimate of drug-likeness (QED) is 0.635. The van der Waals surface area contributed by atoms with Crippen molar-refractivity contribution < 1.29 is 22.7 Å². The van der Waals surface area contributed by atoms with E-state index in [0.717, 1.165) is 22.5 Å². The molecule has 2 rings (SSSR count). The van der Waals surface area contributed by atoms with Crippen molar-refractivity contribution in [3.05, 3.63) is 71.5 Å². The van der Waals surface area contributed by atoms with Crippen molar-refractivity contribution in [2.45, 2.75) is 17.9 Å². The number of aliphatic hydroxyl groups is 1. The lowest BCUT2D eigenvalue weighted by molar-refractivity contribution is 0.0924. The van der Waals surface area contributed by atoms with E-state index in [1.807, 2.05) is 0 Å². The summed E-state index contributed by atoms with van der Waals surface area (Å²) >= 11 is 6.11. The first-order chi connectivity index (χ1) is 13.2. The van der Waals surface area contributed by atoms with Crippen LogP contribution >= 0.6 is 11.6 Å². The molecule has 0 aliphatic carbocycles. The van der Waals surface area contributed by atoms with Gasteiger partial charge in [0.1, 0.15) is 10.7 Å². The molecule has 0 fully saturated rings. The molecule has 0 spiro atoms. The van der Waals surface area contributed by atoms with Crippen molar-refractivity contribution in [1.82, 2.24) is 5.32 Å². The zero-order valence-corrected chi connectivity index (χ0v) is 16.7. The van der Waals surface area contributed by atoms with Gasteiger partial charge in [-0.15, -0.1) is 6.58 Å². The number of halogens is 2. The summed E-state index contributed by atoms with van der Waals surface area (Å²) in [6.45, 7) is 5.00. The van der Waals surface area contributed by atoms with E-state index in [4.69, 9.17) is 11.6 Å². The number of sulfonamides is 1. The zero-order chi connectivity index (χ0) is 20.9. The van der Waals surface area contributed by atoms with Crippen molar-refractivity contribution in [3.8, 4) is 0 Å². The van der Waals surface area contributed by atoms with Gasteiger partial charge in [0.15, 0.2) is 0 Å². The number of nitrogens with one attached hydrogen (secondary N) is 1. The number of hydrogen-bond donors (Lipinski definition) is 2. The van der Waals surface area contributed by atoms with Gasteiger partial charge in [-0.1, -0.05) is 17.7 Å². The van der Waals surface area contributed by atoms with Crippen molar-refractivity contribution in [1.29, 1.82) is 0 Å². The molecule has 1 amide bonds. The molecule has 150 valence electrons. The normalized spacial score (nSPS) is 12.3. The van der Waals surface area contributed by atoms with Crippen LogP contribution in [0.5, 0.6) is 0 Å². The fourth-order valence-corrected chi connectivity index (χ4v) is 4.31. The van der Waals surface area contributed by atoms with E-state index in [2.05, 4.69) is 11.9 Å². The molecule has 0 bridgehead atoms. The van der Waals surface area contributed by atoms with Gasteiger partial charge < -0.3 is 10.4 Å². The van der Waals surface area contributed by atoms with Crippen LogP contribution in [0.4, 0.5) is 10.1 Å². The van der Waals surface area contributed by atoms with Crippen molar-refractivity contribution in [2.75, 3.05) is 17.4 Å². The Labute approximate surface area is 168 Å². The number of benzene rings is 2. The van der Waals surface area contributed by atoms with Gasteiger partial charge in [0.25, 0.3) is 15.9 Å². The molecule has 9 heteroatoms.